The summed E-state index contributed by atoms with van der Waals surface area (Å²) in [4.78, 5) is 22.9. The predicted octanol–water partition coefficient (Wildman–Crippen LogP) is 0.142. The molecule has 0 spiro atoms. The van der Waals surface area contributed by atoms with Crippen molar-refractivity contribution in [3.05, 3.63) is 35.9 Å². The molecule has 0 heterocycles. The number of amides is 2. The zero-order valence-electron chi connectivity index (χ0n) is 10.5. The number of rotatable bonds is 7. The maximum Gasteiger partial charge on any atom is 0.251 e. The van der Waals surface area contributed by atoms with Crippen molar-refractivity contribution in [2.24, 2.45) is 0 Å². The van der Waals surface area contributed by atoms with Gasteiger partial charge in [-0.2, -0.15) is 0 Å². The van der Waals surface area contributed by atoms with Crippen LogP contribution < -0.4 is 16.0 Å². The minimum Gasteiger partial charge on any atom is -0.354 e. The van der Waals surface area contributed by atoms with Gasteiger partial charge in [0, 0.05) is 31.6 Å². The Labute approximate surface area is 107 Å². The standard InChI is InChI=1S/C13H19N3O2/c1-14-8-7-12(17)15-9-10-16-13(18)11-5-3-2-4-6-11/h2-6,14H,7-10H2,1H3,(H,15,17)(H,16,18). The number of carbonyl (C=O) groups is 2. The fourth-order valence-electron chi connectivity index (χ4n) is 1.40. The lowest BCUT2D eigenvalue weighted by Crippen LogP contribution is -2.35. The minimum atomic E-state index is -0.125. The number of carbonyl (C=O) groups excluding carboxylic acids is 2. The van der Waals surface area contributed by atoms with Crippen LogP contribution in [-0.4, -0.2) is 38.5 Å². The van der Waals surface area contributed by atoms with Crippen LogP contribution in [0.1, 0.15) is 16.8 Å². The SMILES string of the molecule is CNCCC(=O)NCCNC(=O)c1ccccc1. The maximum absolute atomic E-state index is 11.6. The molecule has 2 amide bonds. The summed E-state index contributed by atoms with van der Waals surface area (Å²) < 4.78 is 0. The zero-order valence-corrected chi connectivity index (χ0v) is 10.5. The van der Waals surface area contributed by atoms with Crippen molar-refractivity contribution in [3.63, 3.8) is 0 Å². The van der Waals surface area contributed by atoms with Gasteiger partial charge in [-0.05, 0) is 19.2 Å². The maximum atomic E-state index is 11.6. The first-order chi connectivity index (χ1) is 8.74. The normalized spacial score (nSPS) is 9.83. The average Bonchev–Trinajstić information content (AvgIpc) is 2.42. The van der Waals surface area contributed by atoms with Gasteiger partial charge in [-0.1, -0.05) is 18.2 Å². The summed E-state index contributed by atoms with van der Waals surface area (Å²) in [6.07, 6.45) is 0.448. The molecule has 0 atom stereocenters. The molecule has 0 saturated heterocycles. The van der Waals surface area contributed by atoms with E-state index in [9.17, 15) is 9.59 Å². The second kappa shape index (κ2) is 8.25. The highest BCUT2D eigenvalue weighted by atomic mass is 16.2. The fourth-order valence-corrected chi connectivity index (χ4v) is 1.40. The molecule has 98 valence electrons. The van der Waals surface area contributed by atoms with Gasteiger partial charge in [0.25, 0.3) is 5.91 Å². The third-order valence-electron chi connectivity index (χ3n) is 2.37. The second-order valence-electron chi connectivity index (χ2n) is 3.83. The summed E-state index contributed by atoms with van der Waals surface area (Å²) >= 11 is 0. The molecule has 0 aliphatic rings. The molecule has 0 aliphatic carbocycles. The van der Waals surface area contributed by atoms with Gasteiger partial charge in [0.15, 0.2) is 0 Å². The van der Waals surface area contributed by atoms with Gasteiger partial charge >= 0.3 is 0 Å². The summed E-state index contributed by atoms with van der Waals surface area (Å²) in [5.41, 5.74) is 0.624. The third kappa shape index (κ3) is 5.45. The Morgan fingerprint density at radius 1 is 1.00 bits per heavy atom. The number of hydrogen-bond acceptors (Lipinski definition) is 3. The van der Waals surface area contributed by atoms with E-state index in [1.54, 1.807) is 19.2 Å². The van der Waals surface area contributed by atoms with Crippen molar-refractivity contribution in [1.29, 1.82) is 0 Å². The van der Waals surface area contributed by atoms with Crippen molar-refractivity contribution < 1.29 is 9.59 Å². The number of benzene rings is 1. The smallest absolute Gasteiger partial charge is 0.251 e. The van der Waals surface area contributed by atoms with Crippen LogP contribution in [0.2, 0.25) is 0 Å². The Kier molecular flexibility index (Phi) is 6.50. The second-order valence-corrected chi connectivity index (χ2v) is 3.83. The Morgan fingerprint density at radius 2 is 1.67 bits per heavy atom. The molecule has 5 heteroatoms. The molecule has 0 aromatic heterocycles. The van der Waals surface area contributed by atoms with Crippen molar-refractivity contribution in [2.45, 2.75) is 6.42 Å². The summed E-state index contributed by atoms with van der Waals surface area (Å²) in [6, 6.07) is 8.99. The van der Waals surface area contributed by atoms with Crippen LogP contribution in [0.5, 0.6) is 0 Å². The van der Waals surface area contributed by atoms with Crippen LogP contribution >= 0.6 is 0 Å². The molecule has 0 radical (unpaired) electrons. The highest BCUT2D eigenvalue weighted by molar-refractivity contribution is 5.94. The van der Waals surface area contributed by atoms with E-state index in [1.165, 1.54) is 0 Å². The highest BCUT2D eigenvalue weighted by Gasteiger charge is 2.03. The summed E-state index contributed by atoms with van der Waals surface area (Å²) in [5.74, 6) is -0.140. The fraction of sp³-hybridized carbons (Fsp3) is 0.385. The van der Waals surface area contributed by atoms with E-state index in [0.29, 0.717) is 31.6 Å². The van der Waals surface area contributed by atoms with Crippen LogP contribution in [0.4, 0.5) is 0 Å². The van der Waals surface area contributed by atoms with Crippen molar-refractivity contribution in [1.82, 2.24) is 16.0 Å². The van der Waals surface area contributed by atoms with Gasteiger partial charge in [-0.25, -0.2) is 0 Å². The monoisotopic (exact) mass is 249 g/mol. The van der Waals surface area contributed by atoms with Crippen LogP contribution in [-0.2, 0) is 4.79 Å². The van der Waals surface area contributed by atoms with E-state index in [1.807, 2.05) is 18.2 Å². The molecule has 5 nitrogen and oxygen atoms in total. The number of nitrogens with one attached hydrogen (secondary N) is 3. The lowest BCUT2D eigenvalue weighted by atomic mass is 10.2. The summed E-state index contributed by atoms with van der Waals surface area (Å²) in [6.45, 7) is 1.53. The number of hydrogen-bond donors (Lipinski definition) is 3. The Balaban J connectivity index is 2.15. The average molecular weight is 249 g/mol. The first kappa shape index (κ1) is 14.2. The Hall–Kier alpha value is -1.88. The van der Waals surface area contributed by atoms with Gasteiger partial charge in [-0.15, -0.1) is 0 Å². The summed E-state index contributed by atoms with van der Waals surface area (Å²) in [5, 5.41) is 8.37. The van der Waals surface area contributed by atoms with Gasteiger partial charge in [0.2, 0.25) is 5.91 Å². The molecule has 1 aromatic rings. The summed E-state index contributed by atoms with van der Waals surface area (Å²) in [7, 11) is 1.80. The van der Waals surface area contributed by atoms with Crippen LogP contribution in [0.3, 0.4) is 0 Å². The molecular formula is C13H19N3O2. The van der Waals surface area contributed by atoms with E-state index in [2.05, 4.69) is 16.0 Å². The van der Waals surface area contributed by atoms with Gasteiger partial charge in [0.05, 0.1) is 0 Å². The van der Waals surface area contributed by atoms with Crippen LogP contribution in [0.15, 0.2) is 30.3 Å². The molecule has 0 saturated carbocycles. The zero-order chi connectivity index (χ0) is 13.2. The minimum absolute atomic E-state index is 0.0155. The lowest BCUT2D eigenvalue weighted by Gasteiger charge is -2.07. The van der Waals surface area contributed by atoms with Crippen LogP contribution in [0, 0.1) is 0 Å². The van der Waals surface area contributed by atoms with E-state index >= 15 is 0 Å². The van der Waals surface area contributed by atoms with E-state index in [-0.39, 0.29) is 11.8 Å². The molecule has 0 fully saturated rings. The van der Waals surface area contributed by atoms with Crippen LogP contribution in [0.25, 0.3) is 0 Å². The molecule has 1 aromatic carbocycles. The van der Waals surface area contributed by atoms with Gasteiger partial charge < -0.3 is 16.0 Å². The van der Waals surface area contributed by atoms with Crippen molar-refractivity contribution in [3.8, 4) is 0 Å². The first-order valence-electron chi connectivity index (χ1n) is 5.98. The molecule has 0 aliphatic heterocycles. The van der Waals surface area contributed by atoms with Crippen molar-refractivity contribution in [2.75, 3.05) is 26.7 Å². The Bertz CT molecular complexity index is 379. The van der Waals surface area contributed by atoms with Gasteiger partial charge in [-0.3, -0.25) is 9.59 Å². The topological polar surface area (TPSA) is 70.2 Å². The van der Waals surface area contributed by atoms with Crippen molar-refractivity contribution >= 4 is 11.8 Å². The van der Waals surface area contributed by atoms with Gasteiger partial charge in [0.1, 0.15) is 0 Å². The quantitative estimate of drug-likeness (QED) is 0.602. The highest BCUT2D eigenvalue weighted by Crippen LogP contribution is 1.96. The molecule has 0 bridgehead atoms. The molecule has 0 unspecified atom stereocenters. The van der Waals surface area contributed by atoms with E-state index in [4.69, 9.17) is 0 Å². The lowest BCUT2D eigenvalue weighted by molar-refractivity contribution is -0.120. The first-order valence-corrected chi connectivity index (χ1v) is 5.98. The molecular weight excluding hydrogens is 230 g/mol. The van der Waals surface area contributed by atoms with E-state index < -0.39 is 0 Å². The Morgan fingerprint density at radius 3 is 2.33 bits per heavy atom. The van der Waals surface area contributed by atoms with E-state index in [0.717, 1.165) is 0 Å². The third-order valence-corrected chi connectivity index (χ3v) is 2.37. The molecule has 3 N–H and O–H groups in total. The largest absolute Gasteiger partial charge is 0.354 e. The molecule has 1 rings (SSSR count). The predicted molar refractivity (Wildman–Crippen MR) is 70.3 cm³/mol. The molecule has 18 heavy (non-hydrogen) atoms.